The van der Waals surface area contributed by atoms with Gasteiger partial charge in [0.2, 0.25) is 0 Å². The van der Waals surface area contributed by atoms with Crippen LogP contribution in [0, 0.1) is 13.8 Å². The van der Waals surface area contributed by atoms with Crippen molar-refractivity contribution in [2.75, 3.05) is 6.26 Å². The number of rotatable bonds is 3. The molecule has 0 saturated carbocycles. The van der Waals surface area contributed by atoms with E-state index in [1.165, 1.54) is 18.9 Å². The summed E-state index contributed by atoms with van der Waals surface area (Å²) in [6.45, 7) is 11.4. The van der Waals surface area contributed by atoms with Crippen molar-refractivity contribution in [2.45, 2.75) is 39.5 Å². The van der Waals surface area contributed by atoms with E-state index in [0.717, 1.165) is 18.2 Å². The molecule has 148 valence electrons. The molecule has 0 aliphatic heterocycles. The summed E-state index contributed by atoms with van der Waals surface area (Å²) in [7, 11) is -3.92. The Morgan fingerprint density at radius 1 is 1.04 bits per heavy atom. The smallest absolute Gasteiger partial charge is 0.748 e. The van der Waals surface area contributed by atoms with Crippen molar-refractivity contribution in [3.8, 4) is 0 Å². The minimum atomic E-state index is -3.92. The average Bonchev–Trinajstić information content (AvgIpc) is 2.60. The zero-order chi connectivity index (χ0) is 20.6. The molecule has 1 heterocycles. The number of aromatic carboxylic acids is 1. The van der Waals surface area contributed by atoms with Crippen LogP contribution in [-0.4, -0.2) is 54.1 Å². The van der Waals surface area contributed by atoms with Gasteiger partial charge in [0.1, 0.15) is 0 Å². The fourth-order valence-corrected chi connectivity index (χ4v) is 1.18. The number of pyridine rings is 1. The van der Waals surface area contributed by atoms with Crippen LogP contribution in [0.2, 0.25) is 0 Å². The summed E-state index contributed by atoms with van der Waals surface area (Å²) in [5.41, 5.74) is 0.642. The van der Waals surface area contributed by atoms with Crippen molar-refractivity contribution in [3.63, 3.8) is 0 Å². The number of carbonyl (C=O) groups excluding carboxylic acids is 1. The Bertz CT molecular complexity index is 720. The third-order valence-electron chi connectivity index (χ3n) is 2.51. The van der Waals surface area contributed by atoms with Gasteiger partial charge in [0, 0.05) is 11.6 Å². The molecule has 0 aliphatic carbocycles. The first-order valence-electron chi connectivity index (χ1n) is 8.17. The molecule has 0 fully saturated rings. The molecule has 6 nitrogen and oxygen atoms in total. The second-order valence-electron chi connectivity index (χ2n) is 5.09. The van der Waals surface area contributed by atoms with Crippen LogP contribution in [0.15, 0.2) is 36.4 Å². The van der Waals surface area contributed by atoms with E-state index in [9.17, 15) is 9.90 Å². The number of hydrogen-bond donors (Lipinski definition) is 0. The number of carboxylic acids is 1. The maximum absolute atomic E-state index is 10.5. The number of fused-ring (bicyclic) bond motifs is 1. The molecule has 0 aliphatic rings. The number of carbonyl (C=O) groups is 1. The van der Waals surface area contributed by atoms with Crippen LogP contribution in [0.5, 0.6) is 0 Å². The minimum absolute atomic E-state index is 0. The zero-order valence-corrected chi connectivity index (χ0v) is 19.8. The summed E-state index contributed by atoms with van der Waals surface area (Å²) < 4.78 is 27.2. The van der Waals surface area contributed by atoms with E-state index in [1.54, 1.807) is 12.1 Å². The molecule has 0 amide bonds. The fourth-order valence-electron chi connectivity index (χ4n) is 1.18. The Labute approximate surface area is 180 Å². The Morgan fingerprint density at radius 3 is 1.81 bits per heavy atom. The van der Waals surface area contributed by atoms with E-state index in [4.69, 9.17) is 13.0 Å². The normalized spacial score (nSPS) is 9.26. The van der Waals surface area contributed by atoms with Gasteiger partial charge in [-0.25, -0.2) is 13.4 Å². The van der Waals surface area contributed by atoms with Crippen molar-refractivity contribution >= 4 is 50.9 Å². The Kier molecular flexibility index (Phi) is 20.6. The molecule has 8 heteroatoms. The van der Waals surface area contributed by atoms with Crippen LogP contribution in [0.1, 0.15) is 50.0 Å². The van der Waals surface area contributed by atoms with Crippen molar-refractivity contribution in [1.29, 1.82) is 0 Å². The number of aromatic nitrogens is 1. The van der Waals surface area contributed by atoms with Gasteiger partial charge in [-0.1, -0.05) is 77.6 Å². The van der Waals surface area contributed by atoms with E-state index in [-0.39, 0.29) is 29.6 Å². The fraction of sp³-hybridized carbons (Fsp3) is 0.368. The number of carboxylic acid groups (broad SMARTS) is 1. The van der Waals surface area contributed by atoms with Crippen LogP contribution in [0.25, 0.3) is 10.9 Å². The predicted molar refractivity (Wildman–Crippen MR) is 108 cm³/mol. The van der Waals surface area contributed by atoms with Crippen LogP contribution < -0.4 is 5.11 Å². The van der Waals surface area contributed by atoms with Crippen molar-refractivity contribution in [3.05, 3.63) is 55.9 Å². The first-order chi connectivity index (χ1) is 12.1. The van der Waals surface area contributed by atoms with Gasteiger partial charge in [-0.05, 0) is 12.1 Å². The van der Waals surface area contributed by atoms with Gasteiger partial charge < -0.3 is 14.5 Å². The molecule has 2 aromatic rings. The van der Waals surface area contributed by atoms with Crippen LogP contribution in [0.4, 0.5) is 0 Å². The third-order valence-corrected chi connectivity index (χ3v) is 2.51. The Morgan fingerprint density at radius 2 is 1.44 bits per heavy atom. The molecule has 0 atom stereocenters. The molecule has 2 rings (SSSR count). The SMILES string of the molecule is CS(=O)(=O)[O-].O=C([O-])c1ccc2ccccc2n1.[CH2]CCC.[CH2]CCC.[Sn+2]. The average molecular weight is 500 g/mol. The molecule has 4 radical (unpaired) electrons. The van der Waals surface area contributed by atoms with Gasteiger partial charge in [0.15, 0.2) is 0 Å². The maximum Gasteiger partial charge on any atom is 2.00 e. The topological polar surface area (TPSA) is 110 Å². The number of para-hydroxylation sites is 1. The van der Waals surface area contributed by atoms with Gasteiger partial charge in [-0.2, -0.15) is 0 Å². The van der Waals surface area contributed by atoms with Crippen molar-refractivity contribution in [1.82, 2.24) is 4.98 Å². The third kappa shape index (κ3) is 21.0. The van der Waals surface area contributed by atoms with E-state index in [0.29, 0.717) is 11.8 Å². The largest absolute Gasteiger partial charge is 2.00 e. The molecule has 1 aromatic heterocycles. The summed E-state index contributed by atoms with van der Waals surface area (Å²) in [6.07, 6.45) is 5.16. The molecule has 0 saturated heterocycles. The zero-order valence-electron chi connectivity index (χ0n) is 16.1. The number of unbranched alkanes of at least 4 members (excludes halogenated alkanes) is 2. The van der Waals surface area contributed by atoms with Gasteiger partial charge in [0.05, 0.1) is 27.3 Å². The minimum Gasteiger partial charge on any atom is -0.748 e. The Balaban J connectivity index is -0.000000346. The number of hydrogen-bond acceptors (Lipinski definition) is 6. The molecule has 0 unspecified atom stereocenters. The van der Waals surface area contributed by atoms with E-state index in [2.05, 4.69) is 32.7 Å². The summed E-state index contributed by atoms with van der Waals surface area (Å²) in [5, 5.41) is 11.4. The molecule has 0 N–H and O–H groups in total. The second kappa shape index (κ2) is 18.2. The summed E-state index contributed by atoms with van der Waals surface area (Å²) >= 11 is 0. The summed E-state index contributed by atoms with van der Waals surface area (Å²) in [4.78, 5) is 14.4. The molecule has 0 spiro atoms. The molecule has 0 bridgehead atoms. The van der Waals surface area contributed by atoms with E-state index >= 15 is 0 Å². The monoisotopic (exact) mass is 501 g/mol. The maximum atomic E-state index is 10.5. The quantitative estimate of drug-likeness (QED) is 0.474. The standard InChI is InChI=1S/C10H7NO2.2C4H9.CH4O3S.Sn/c12-10(13)9-6-5-7-3-1-2-4-8(7)11-9;2*1-3-4-2;1-5(2,3)4;/h1-6H,(H,12,13);2*1,3-4H2,2H3;1H3,(H,2,3,4);/q;;;;+2/p-2. The van der Waals surface area contributed by atoms with Gasteiger partial charge in [-0.3, -0.25) is 0 Å². The van der Waals surface area contributed by atoms with E-state index < -0.39 is 16.1 Å². The predicted octanol–water partition coefficient (Wildman–Crippen LogP) is 2.62. The first-order valence-corrected chi connectivity index (χ1v) is 9.98. The summed E-state index contributed by atoms with van der Waals surface area (Å²) in [5.74, 6) is -1.24. The van der Waals surface area contributed by atoms with E-state index in [1.807, 2.05) is 18.2 Å². The number of benzene rings is 1. The second-order valence-corrected chi connectivity index (χ2v) is 6.50. The van der Waals surface area contributed by atoms with Crippen LogP contribution >= 0.6 is 0 Å². The van der Waals surface area contributed by atoms with Crippen molar-refractivity contribution in [2.24, 2.45) is 0 Å². The first kappa shape index (κ1) is 30.5. The van der Waals surface area contributed by atoms with Crippen molar-refractivity contribution < 1.29 is 22.9 Å². The molecular formula is C19H27NO5SSn. The molecular weight excluding hydrogens is 473 g/mol. The van der Waals surface area contributed by atoms with Crippen LogP contribution in [-0.2, 0) is 10.1 Å². The van der Waals surface area contributed by atoms with Gasteiger partial charge in [0.25, 0.3) is 0 Å². The number of nitrogens with zero attached hydrogens (tertiary/aromatic N) is 1. The molecule has 27 heavy (non-hydrogen) atoms. The molecule has 1 aromatic carbocycles. The summed E-state index contributed by atoms with van der Waals surface area (Å²) in [6, 6.07) is 10.5. The van der Waals surface area contributed by atoms with Gasteiger partial charge in [-0.15, -0.1) is 0 Å². The van der Waals surface area contributed by atoms with Crippen LogP contribution in [0.3, 0.4) is 0 Å². The Hall–Kier alpha value is -1.19. The van der Waals surface area contributed by atoms with Gasteiger partial charge >= 0.3 is 23.9 Å².